The van der Waals surface area contributed by atoms with E-state index in [-0.39, 0.29) is 24.0 Å². The van der Waals surface area contributed by atoms with Crippen LogP contribution in [0.4, 0.5) is 5.82 Å². The van der Waals surface area contributed by atoms with Gasteiger partial charge < -0.3 is 19.9 Å². The highest BCUT2D eigenvalue weighted by atomic mass is 35.5. The minimum absolute atomic E-state index is 0.00976. The molecule has 0 bridgehead atoms. The number of fused-ring (bicyclic) bond motifs is 1. The van der Waals surface area contributed by atoms with Gasteiger partial charge in [0.25, 0.3) is 0 Å². The maximum Gasteiger partial charge on any atom is 0.231 e. The van der Waals surface area contributed by atoms with Crippen LogP contribution in [0.5, 0.6) is 0 Å². The average molecular weight is 458 g/mol. The molecule has 1 aromatic heterocycles. The first-order valence-corrected chi connectivity index (χ1v) is 11.7. The lowest BCUT2D eigenvalue weighted by Crippen LogP contribution is -2.55. The number of benzene rings is 1. The molecule has 3 heterocycles. The summed E-state index contributed by atoms with van der Waals surface area (Å²) in [6, 6.07) is 8.06. The summed E-state index contributed by atoms with van der Waals surface area (Å²) in [5.41, 5.74) is 3.04. The second kappa shape index (κ2) is 9.73. The molecule has 1 saturated heterocycles. The number of carbonyl (C=O) groups is 1. The fourth-order valence-corrected chi connectivity index (χ4v) is 4.68. The molecule has 0 saturated carbocycles. The van der Waals surface area contributed by atoms with Crippen LogP contribution in [0.25, 0.3) is 0 Å². The molecule has 1 aromatic carbocycles. The molecular formula is C24H32ClN5O2. The van der Waals surface area contributed by atoms with Crippen molar-refractivity contribution in [2.45, 2.75) is 58.4 Å². The minimum atomic E-state index is -0.245. The zero-order chi connectivity index (χ0) is 22.8. The molecule has 1 amide bonds. The number of carbonyl (C=O) groups excluding carboxylic acids is 1. The van der Waals surface area contributed by atoms with Gasteiger partial charge in [0.1, 0.15) is 12.1 Å². The molecule has 172 valence electrons. The second-order valence-corrected chi connectivity index (χ2v) is 9.44. The van der Waals surface area contributed by atoms with Gasteiger partial charge in [-0.25, -0.2) is 9.97 Å². The molecule has 32 heavy (non-hydrogen) atoms. The van der Waals surface area contributed by atoms with Gasteiger partial charge in [-0.3, -0.25) is 4.79 Å². The van der Waals surface area contributed by atoms with Crippen LogP contribution in [0, 0.1) is 0 Å². The van der Waals surface area contributed by atoms with Crippen molar-refractivity contribution in [1.82, 2.24) is 20.2 Å². The molecule has 1 fully saturated rings. The van der Waals surface area contributed by atoms with E-state index in [1.54, 1.807) is 6.33 Å². The molecule has 1 unspecified atom stereocenters. The number of hydrogen-bond donors (Lipinski definition) is 1. The van der Waals surface area contributed by atoms with Crippen LogP contribution in [-0.4, -0.2) is 59.0 Å². The number of nitrogens with zero attached hydrogens (tertiary/aromatic N) is 4. The maximum absolute atomic E-state index is 13.6. The minimum Gasteiger partial charge on any atom is -0.367 e. The summed E-state index contributed by atoms with van der Waals surface area (Å²) in [5, 5.41) is 4.11. The average Bonchev–Trinajstić information content (AvgIpc) is 3.16. The SMILES string of the molecule is CC(C)NCC(C(=O)N1CCN(c2ncnc3c2[C@@H](C)OC3)[C@@H](C)C1)c1ccc(Cl)cc1. The van der Waals surface area contributed by atoms with Gasteiger partial charge in [-0.15, -0.1) is 0 Å². The van der Waals surface area contributed by atoms with E-state index in [1.807, 2.05) is 36.1 Å². The molecule has 7 nitrogen and oxygen atoms in total. The highest BCUT2D eigenvalue weighted by Crippen LogP contribution is 2.36. The normalized spacial score (nSPS) is 21.7. The summed E-state index contributed by atoms with van der Waals surface area (Å²) in [7, 11) is 0. The highest BCUT2D eigenvalue weighted by molar-refractivity contribution is 6.30. The smallest absolute Gasteiger partial charge is 0.231 e. The van der Waals surface area contributed by atoms with Gasteiger partial charge >= 0.3 is 0 Å². The molecule has 2 aliphatic heterocycles. The van der Waals surface area contributed by atoms with Gasteiger partial charge in [-0.1, -0.05) is 37.6 Å². The zero-order valence-corrected chi connectivity index (χ0v) is 20.0. The van der Waals surface area contributed by atoms with Crippen LogP contribution in [0.1, 0.15) is 56.5 Å². The summed E-state index contributed by atoms with van der Waals surface area (Å²) >= 11 is 6.08. The topological polar surface area (TPSA) is 70.6 Å². The van der Waals surface area contributed by atoms with Crippen molar-refractivity contribution in [2.75, 3.05) is 31.1 Å². The summed E-state index contributed by atoms with van der Waals surface area (Å²) in [4.78, 5) is 26.9. The van der Waals surface area contributed by atoms with E-state index in [2.05, 4.69) is 41.0 Å². The monoisotopic (exact) mass is 457 g/mol. The third-order valence-electron chi connectivity index (χ3n) is 6.33. The molecule has 2 aliphatic rings. The first-order chi connectivity index (χ1) is 15.3. The van der Waals surface area contributed by atoms with Crippen molar-refractivity contribution in [2.24, 2.45) is 0 Å². The summed E-state index contributed by atoms with van der Waals surface area (Å²) in [6.07, 6.45) is 1.61. The number of ether oxygens (including phenoxy) is 1. The molecular weight excluding hydrogens is 426 g/mol. The number of nitrogens with one attached hydrogen (secondary N) is 1. The summed E-state index contributed by atoms with van der Waals surface area (Å²) in [5.74, 6) is 0.844. The number of aromatic nitrogens is 2. The van der Waals surface area contributed by atoms with Crippen LogP contribution in [0.3, 0.4) is 0 Å². The molecule has 1 N–H and O–H groups in total. The molecule has 3 atom stereocenters. The number of piperazine rings is 1. The molecule has 0 radical (unpaired) electrons. The first-order valence-electron chi connectivity index (χ1n) is 11.3. The fraction of sp³-hybridized carbons (Fsp3) is 0.542. The lowest BCUT2D eigenvalue weighted by atomic mass is 9.96. The summed E-state index contributed by atoms with van der Waals surface area (Å²) < 4.78 is 5.77. The Morgan fingerprint density at radius 1 is 1.22 bits per heavy atom. The fourth-order valence-electron chi connectivity index (χ4n) is 4.56. The van der Waals surface area contributed by atoms with Crippen LogP contribution in [0.15, 0.2) is 30.6 Å². The standard InChI is InChI=1S/C24H32ClN5O2/c1-15(2)26-11-20(18-5-7-19(25)8-6-18)24(31)29-9-10-30(16(3)12-29)23-22-17(4)32-13-21(22)27-14-28-23/h5-8,14-17,20,26H,9-13H2,1-4H3/t16-,17+,20?/m0/s1. The van der Waals surface area contributed by atoms with Crippen molar-refractivity contribution < 1.29 is 9.53 Å². The van der Waals surface area contributed by atoms with Crippen molar-refractivity contribution in [3.05, 3.63) is 52.4 Å². The van der Waals surface area contributed by atoms with Gasteiger partial charge in [-0.2, -0.15) is 0 Å². The Morgan fingerprint density at radius 3 is 2.66 bits per heavy atom. The quantitative estimate of drug-likeness (QED) is 0.715. The molecule has 4 rings (SSSR count). The van der Waals surface area contributed by atoms with E-state index in [4.69, 9.17) is 16.3 Å². The molecule has 0 spiro atoms. The molecule has 8 heteroatoms. The van der Waals surface area contributed by atoms with E-state index < -0.39 is 0 Å². The zero-order valence-electron chi connectivity index (χ0n) is 19.2. The Kier molecular flexibility index (Phi) is 6.98. The van der Waals surface area contributed by atoms with Gasteiger partial charge in [-0.05, 0) is 31.5 Å². The van der Waals surface area contributed by atoms with Crippen molar-refractivity contribution in [3.63, 3.8) is 0 Å². The molecule has 0 aliphatic carbocycles. The number of halogens is 1. The first kappa shape index (κ1) is 23.0. The van der Waals surface area contributed by atoms with Crippen LogP contribution in [-0.2, 0) is 16.1 Å². The van der Waals surface area contributed by atoms with Crippen molar-refractivity contribution in [3.8, 4) is 0 Å². The third-order valence-corrected chi connectivity index (χ3v) is 6.59. The van der Waals surface area contributed by atoms with Gasteiger partial charge in [0.2, 0.25) is 5.91 Å². The highest BCUT2D eigenvalue weighted by Gasteiger charge is 2.35. The third kappa shape index (κ3) is 4.75. The Morgan fingerprint density at radius 2 is 1.97 bits per heavy atom. The number of rotatable bonds is 6. The van der Waals surface area contributed by atoms with Crippen LogP contribution < -0.4 is 10.2 Å². The lowest BCUT2D eigenvalue weighted by molar-refractivity contribution is -0.133. The van der Waals surface area contributed by atoms with E-state index in [9.17, 15) is 4.79 Å². The second-order valence-electron chi connectivity index (χ2n) is 9.00. The van der Waals surface area contributed by atoms with E-state index in [1.165, 1.54) is 0 Å². The molecule has 2 aromatic rings. The van der Waals surface area contributed by atoms with Crippen LogP contribution >= 0.6 is 11.6 Å². The van der Waals surface area contributed by atoms with Gasteiger partial charge in [0.05, 0.1) is 24.3 Å². The largest absolute Gasteiger partial charge is 0.367 e. The van der Waals surface area contributed by atoms with E-state index in [0.29, 0.717) is 37.3 Å². The predicted molar refractivity (Wildman–Crippen MR) is 126 cm³/mol. The maximum atomic E-state index is 13.6. The Balaban J connectivity index is 1.51. The summed E-state index contributed by atoms with van der Waals surface area (Å²) in [6.45, 7) is 11.5. The Hall–Kier alpha value is -2.22. The number of amides is 1. The number of anilines is 1. The van der Waals surface area contributed by atoms with Gasteiger partial charge in [0, 0.05) is 48.8 Å². The van der Waals surface area contributed by atoms with Crippen LogP contribution in [0.2, 0.25) is 5.02 Å². The predicted octanol–water partition coefficient (Wildman–Crippen LogP) is 3.54. The van der Waals surface area contributed by atoms with E-state index in [0.717, 1.165) is 29.2 Å². The van der Waals surface area contributed by atoms with Gasteiger partial charge in [0.15, 0.2) is 0 Å². The number of hydrogen-bond acceptors (Lipinski definition) is 6. The lowest BCUT2D eigenvalue weighted by Gasteiger charge is -2.42. The van der Waals surface area contributed by atoms with Crippen molar-refractivity contribution in [1.29, 1.82) is 0 Å². The van der Waals surface area contributed by atoms with Crippen molar-refractivity contribution >= 4 is 23.3 Å². The Labute approximate surface area is 195 Å². The Bertz CT molecular complexity index is 952. The van der Waals surface area contributed by atoms with E-state index >= 15 is 0 Å².